The lowest BCUT2D eigenvalue weighted by Crippen LogP contribution is -2.23. The Bertz CT molecular complexity index is 1920. The molecule has 0 aliphatic heterocycles. The number of ether oxygens (including phenoxy) is 1. The number of carbonyl (C=O) groups excluding carboxylic acids is 4. The fraction of sp³-hybridized carbons (Fsp3) is 0.129. The summed E-state index contributed by atoms with van der Waals surface area (Å²) in [5.74, 6) is -4.09. The van der Waals surface area contributed by atoms with E-state index in [9.17, 15) is 29.1 Å². The van der Waals surface area contributed by atoms with Crippen LogP contribution < -0.4 is 16.0 Å². The fourth-order valence-electron chi connectivity index (χ4n) is 4.23. The van der Waals surface area contributed by atoms with E-state index in [1.807, 2.05) is 6.07 Å². The molecule has 10 nitrogen and oxygen atoms in total. The molecule has 0 aliphatic rings. The minimum absolute atomic E-state index is 0.0627. The third-order valence-corrected chi connectivity index (χ3v) is 10.6. The van der Waals surface area contributed by atoms with Gasteiger partial charge < -0.3 is 25.8 Å². The van der Waals surface area contributed by atoms with Gasteiger partial charge in [-0.2, -0.15) is 0 Å². The van der Waals surface area contributed by atoms with E-state index in [0.717, 1.165) is 23.1 Å². The summed E-state index contributed by atoms with van der Waals surface area (Å²) in [5, 5.41) is 15.7. The molecule has 1 atom stereocenters. The Morgan fingerprint density at radius 1 is 0.787 bits per heavy atom. The van der Waals surface area contributed by atoms with Crippen LogP contribution in [-0.4, -0.2) is 47.1 Å². The van der Waals surface area contributed by atoms with Crippen LogP contribution in [0.3, 0.4) is 0 Å². The molecule has 0 saturated heterocycles. The van der Waals surface area contributed by atoms with Gasteiger partial charge in [0.15, 0.2) is 0 Å². The number of nitrogens with one attached hydrogen (secondary N) is 3. The van der Waals surface area contributed by atoms with Crippen LogP contribution in [0.1, 0.15) is 53.2 Å². The van der Waals surface area contributed by atoms with Crippen molar-refractivity contribution in [2.24, 2.45) is 0 Å². The van der Waals surface area contributed by atoms with Gasteiger partial charge in [0, 0.05) is 16.3 Å². The number of carbonyl (C=O) groups is 5. The number of amides is 3. The summed E-state index contributed by atoms with van der Waals surface area (Å²) in [6.45, 7) is 3.22. The highest BCUT2D eigenvalue weighted by Crippen LogP contribution is 2.42. The molecule has 0 aliphatic carbocycles. The zero-order valence-corrected chi connectivity index (χ0v) is 29.2. The zero-order valence-electron chi connectivity index (χ0n) is 24.5. The second-order valence-corrected chi connectivity index (χ2v) is 13.6. The molecule has 1 heterocycles. The first-order chi connectivity index (χ1) is 22.2. The Morgan fingerprint density at radius 2 is 1.38 bits per heavy atom. The van der Waals surface area contributed by atoms with Crippen molar-refractivity contribution in [1.82, 2.24) is 0 Å². The van der Waals surface area contributed by atoms with Gasteiger partial charge in [0.2, 0.25) is 5.91 Å². The van der Waals surface area contributed by atoms with Gasteiger partial charge in [-0.25, -0.2) is 9.59 Å². The predicted octanol–water partition coefficient (Wildman–Crippen LogP) is 8.78. The van der Waals surface area contributed by atoms with Gasteiger partial charge in [-0.15, -0.1) is 23.1 Å². The van der Waals surface area contributed by atoms with E-state index in [4.69, 9.17) is 51.1 Å². The second kappa shape index (κ2) is 15.4. The van der Waals surface area contributed by atoms with E-state index in [1.54, 1.807) is 62.4 Å². The molecule has 3 amide bonds. The van der Waals surface area contributed by atoms with E-state index in [-0.39, 0.29) is 36.2 Å². The third kappa shape index (κ3) is 8.03. The highest BCUT2D eigenvalue weighted by atomic mass is 35.5. The van der Waals surface area contributed by atoms with Gasteiger partial charge in [0.25, 0.3) is 11.8 Å². The van der Waals surface area contributed by atoms with Crippen molar-refractivity contribution in [2.75, 3.05) is 23.1 Å². The predicted molar refractivity (Wildman–Crippen MR) is 187 cm³/mol. The third-order valence-electron chi connectivity index (χ3n) is 6.49. The zero-order chi connectivity index (χ0) is 34.6. The SMILES string of the molecule is COC(=O)c1c(NC(=O)C(C)Sc2cccc(NC(=O)c3c(Cl)c(Cl)c(Cl)c(Cl)c3C(=O)O)c2)sc(C(=O)Nc2ccccc2)c1C. The quantitative estimate of drug-likeness (QED) is 0.0543. The van der Waals surface area contributed by atoms with E-state index in [2.05, 4.69) is 16.0 Å². The van der Waals surface area contributed by atoms with Crippen molar-refractivity contribution >= 4 is 116 Å². The van der Waals surface area contributed by atoms with Gasteiger partial charge >= 0.3 is 11.9 Å². The lowest BCUT2D eigenvalue weighted by Gasteiger charge is -2.15. The van der Waals surface area contributed by atoms with Gasteiger partial charge in [-0.05, 0) is 49.7 Å². The molecule has 1 aromatic heterocycles. The Balaban J connectivity index is 1.52. The van der Waals surface area contributed by atoms with Crippen molar-refractivity contribution in [2.45, 2.75) is 24.0 Å². The summed E-state index contributed by atoms with van der Waals surface area (Å²) in [5.41, 5.74) is 0.129. The molecule has 0 spiro atoms. The number of benzene rings is 3. The number of carboxylic acid groups (broad SMARTS) is 1. The maximum absolute atomic E-state index is 13.3. The van der Waals surface area contributed by atoms with Crippen LogP contribution in [0.15, 0.2) is 59.5 Å². The van der Waals surface area contributed by atoms with E-state index >= 15 is 0 Å². The lowest BCUT2D eigenvalue weighted by atomic mass is 10.1. The molecule has 0 saturated carbocycles. The summed E-state index contributed by atoms with van der Waals surface area (Å²) in [6, 6.07) is 15.2. The summed E-state index contributed by atoms with van der Waals surface area (Å²) >= 11 is 26.4. The van der Waals surface area contributed by atoms with Crippen molar-refractivity contribution < 1.29 is 33.8 Å². The van der Waals surface area contributed by atoms with Crippen LogP contribution >= 0.6 is 69.5 Å². The number of para-hydroxylation sites is 1. The monoisotopic (exact) mass is 753 g/mol. The molecule has 1 unspecified atom stereocenters. The van der Waals surface area contributed by atoms with Crippen molar-refractivity contribution in [1.29, 1.82) is 0 Å². The molecule has 0 radical (unpaired) electrons. The van der Waals surface area contributed by atoms with E-state index in [1.165, 1.54) is 7.11 Å². The molecule has 4 N–H and O–H groups in total. The molecule has 0 bridgehead atoms. The number of rotatable bonds is 10. The number of aromatic carboxylic acids is 1. The summed E-state index contributed by atoms with van der Waals surface area (Å²) in [6.07, 6.45) is 0. The maximum Gasteiger partial charge on any atom is 0.341 e. The van der Waals surface area contributed by atoms with Gasteiger partial charge in [0.05, 0.1) is 54.0 Å². The van der Waals surface area contributed by atoms with Gasteiger partial charge in [-0.1, -0.05) is 70.7 Å². The Morgan fingerprint density at radius 3 is 2.00 bits per heavy atom. The molecular weight excluding hydrogens is 732 g/mol. The summed E-state index contributed by atoms with van der Waals surface area (Å²) in [4.78, 5) is 64.8. The van der Waals surface area contributed by atoms with E-state index in [0.29, 0.717) is 16.1 Å². The largest absolute Gasteiger partial charge is 0.478 e. The van der Waals surface area contributed by atoms with Crippen molar-refractivity contribution in [3.8, 4) is 0 Å². The van der Waals surface area contributed by atoms with Crippen molar-refractivity contribution in [3.05, 3.63) is 102 Å². The number of hydrogen-bond donors (Lipinski definition) is 4. The lowest BCUT2D eigenvalue weighted by molar-refractivity contribution is -0.115. The maximum atomic E-state index is 13.3. The highest BCUT2D eigenvalue weighted by molar-refractivity contribution is 8.00. The molecule has 3 aromatic carbocycles. The Labute approximate surface area is 296 Å². The van der Waals surface area contributed by atoms with Crippen molar-refractivity contribution in [3.63, 3.8) is 0 Å². The topological polar surface area (TPSA) is 151 Å². The van der Waals surface area contributed by atoms with Crippen LogP contribution in [0.2, 0.25) is 20.1 Å². The van der Waals surface area contributed by atoms with Gasteiger partial charge in [0.1, 0.15) is 5.00 Å². The van der Waals surface area contributed by atoms with Crippen LogP contribution in [0, 0.1) is 6.92 Å². The summed E-state index contributed by atoms with van der Waals surface area (Å²) in [7, 11) is 1.20. The average Bonchev–Trinajstić information content (AvgIpc) is 3.36. The van der Waals surface area contributed by atoms with Crippen LogP contribution in [0.4, 0.5) is 16.4 Å². The van der Waals surface area contributed by atoms with Crippen LogP contribution in [-0.2, 0) is 9.53 Å². The molecule has 4 aromatic rings. The number of carboxylic acids is 1. The van der Waals surface area contributed by atoms with Gasteiger partial charge in [-0.3, -0.25) is 14.4 Å². The average molecular weight is 755 g/mol. The smallest absolute Gasteiger partial charge is 0.341 e. The number of halogens is 4. The molecule has 16 heteroatoms. The highest BCUT2D eigenvalue weighted by Gasteiger charge is 2.30. The molecule has 0 fully saturated rings. The minimum atomic E-state index is -1.54. The Kier molecular flexibility index (Phi) is 11.8. The minimum Gasteiger partial charge on any atom is -0.478 e. The van der Waals surface area contributed by atoms with E-state index < -0.39 is 51.1 Å². The number of hydrogen-bond acceptors (Lipinski definition) is 8. The first kappa shape index (κ1) is 36.1. The fourth-order valence-corrected chi connectivity index (χ4v) is 7.27. The first-order valence-corrected chi connectivity index (χ1v) is 16.5. The number of thioether (sulfide) groups is 1. The summed E-state index contributed by atoms with van der Waals surface area (Å²) < 4.78 is 4.91. The van der Waals surface area contributed by atoms with Crippen LogP contribution in [0.25, 0.3) is 0 Å². The van der Waals surface area contributed by atoms with Crippen LogP contribution in [0.5, 0.6) is 0 Å². The molecule has 244 valence electrons. The molecule has 4 rings (SSSR count). The Hall–Kier alpha value is -3.78. The number of anilines is 3. The molecule has 47 heavy (non-hydrogen) atoms. The second-order valence-electron chi connectivity index (χ2n) is 9.61. The number of esters is 1. The number of methoxy groups -OCH3 is 1. The standard InChI is InChI=1S/C31H23Cl4N3O7S2/c1-13-18(31(44)45-3)29(47-25(13)28(41)36-15-8-5-4-6-9-15)38-26(39)14(2)46-17-11-7-10-16(12-17)37-27(40)19-20(30(42)43)22(33)24(35)23(34)21(19)32/h4-12,14H,1-3H3,(H,36,41)(H,37,40)(H,38,39)(H,42,43). The normalized spacial score (nSPS) is 11.4. The number of thiophene rings is 1. The molecular formula is C31H23Cl4N3O7S2. The first-order valence-electron chi connectivity index (χ1n) is 13.3.